The molecule has 0 bridgehead atoms. The van der Waals surface area contributed by atoms with Crippen LogP contribution < -0.4 is 0 Å². The van der Waals surface area contributed by atoms with Gasteiger partial charge in [0.05, 0.1) is 6.54 Å². The molecule has 1 atom stereocenters. The van der Waals surface area contributed by atoms with E-state index in [4.69, 9.17) is 0 Å². The van der Waals surface area contributed by atoms with Crippen LogP contribution in [0.4, 0.5) is 0 Å². The zero-order chi connectivity index (χ0) is 13.7. The van der Waals surface area contributed by atoms with Crippen LogP contribution in [0.25, 0.3) is 0 Å². The Morgan fingerprint density at radius 3 is 3.00 bits per heavy atom. The summed E-state index contributed by atoms with van der Waals surface area (Å²) < 4.78 is 1.77. The molecule has 7 heteroatoms. The van der Waals surface area contributed by atoms with Gasteiger partial charge in [-0.15, -0.1) is 5.10 Å². The summed E-state index contributed by atoms with van der Waals surface area (Å²) in [6.45, 7) is 4.16. The normalized spacial score (nSPS) is 21.2. The average Bonchev–Trinajstić information content (AvgIpc) is 2.67. The van der Waals surface area contributed by atoms with Crippen molar-refractivity contribution in [1.82, 2.24) is 25.1 Å². The van der Waals surface area contributed by atoms with Gasteiger partial charge in [-0.3, -0.25) is 9.69 Å². The lowest BCUT2D eigenvalue weighted by atomic mass is 10.1. The summed E-state index contributed by atoms with van der Waals surface area (Å²) in [5, 5.41) is 21.0. The minimum atomic E-state index is -0.739. The minimum absolute atomic E-state index is 0.408. The second-order valence-electron chi connectivity index (χ2n) is 4.99. The molecule has 0 saturated carbocycles. The van der Waals surface area contributed by atoms with Gasteiger partial charge >= 0.3 is 5.97 Å². The SMILES string of the molecule is CCCn1nnnc1CN1CCCCCC1C(=O)O. The molecule has 0 radical (unpaired) electrons. The molecule has 0 aliphatic carbocycles. The molecule has 2 heterocycles. The molecule has 106 valence electrons. The number of hydrogen-bond donors (Lipinski definition) is 1. The maximum atomic E-state index is 11.4. The Bertz CT molecular complexity index is 420. The van der Waals surface area contributed by atoms with E-state index in [1.807, 2.05) is 4.90 Å². The van der Waals surface area contributed by atoms with Crippen LogP contribution in [0.5, 0.6) is 0 Å². The van der Waals surface area contributed by atoms with Crippen molar-refractivity contribution in [3.63, 3.8) is 0 Å². The lowest BCUT2D eigenvalue weighted by Gasteiger charge is -2.25. The Balaban J connectivity index is 2.09. The Morgan fingerprint density at radius 1 is 1.42 bits per heavy atom. The van der Waals surface area contributed by atoms with Crippen LogP contribution in [-0.2, 0) is 17.9 Å². The molecule has 0 spiro atoms. The third-order valence-electron chi connectivity index (χ3n) is 3.53. The van der Waals surface area contributed by atoms with Gasteiger partial charge in [0.15, 0.2) is 5.82 Å². The number of aryl methyl sites for hydroxylation is 1. The fraction of sp³-hybridized carbons (Fsp3) is 0.833. The zero-order valence-corrected chi connectivity index (χ0v) is 11.3. The van der Waals surface area contributed by atoms with Crippen LogP contribution in [0, 0.1) is 0 Å². The lowest BCUT2D eigenvalue weighted by molar-refractivity contribution is -0.143. The summed E-state index contributed by atoms with van der Waals surface area (Å²) in [5.41, 5.74) is 0. The molecule has 0 aromatic carbocycles. The number of carbonyl (C=O) groups is 1. The highest BCUT2D eigenvalue weighted by molar-refractivity contribution is 5.73. The van der Waals surface area contributed by atoms with Gasteiger partial charge in [-0.25, -0.2) is 4.68 Å². The third-order valence-corrected chi connectivity index (χ3v) is 3.53. The molecule has 19 heavy (non-hydrogen) atoms. The summed E-state index contributed by atoms with van der Waals surface area (Å²) in [6.07, 6.45) is 4.79. The van der Waals surface area contributed by atoms with Crippen LogP contribution in [0.15, 0.2) is 0 Å². The molecule has 1 aromatic rings. The molecule has 1 aliphatic heterocycles. The van der Waals surface area contributed by atoms with Gasteiger partial charge in [-0.2, -0.15) is 0 Å². The quantitative estimate of drug-likeness (QED) is 0.853. The number of nitrogens with zero attached hydrogens (tertiary/aromatic N) is 5. The Kier molecular flexibility index (Phi) is 4.84. The molecular weight excluding hydrogens is 246 g/mol. The number of hydrogen-bond acceptors (Lipinski definition) is 5. The van der Waals surface area contributed by atoms with E-state index in [9.17, 15) is 9.90 Å². The van der Waals surface area contributed by atoms with Gasteiger partial charge < -0.3 is 5.11 Å². The van der Waals surface area contributed by atoms with E-state index in [1.165, 1.54) is 0 Å². The van der Waals surface area contributed by atoms with E-state index in [2.05, 4.69) is 22.4 Å². The summed E-state index contributed by atoms with van der Waals surface area (Å²) in [7, 11) is 0. The number of rotatable bonds is 5. The second-order valence-corrected chi connectivity index (χ2v) is 4.99. The zero-order valence-electron chi connectivity index (χ0n) is 11.3. The van der Waals surface area contributed by atoms with E-state index in [0.29, 0.717) is 13.0 Å². The average molecular weight is 267 g/mol. The lowest BCUT2D eigenvalue weighted by Crippen LogP contribution is -2.40. The first-order chi connectivity index (χ1) is 9.22. The highest BCUT2D eigenvalue weighted by atomic mass is 16.4. The van der Waals surface area contributed by atoms with Crippen molar-refractivity contribution in [1.29, 1.82) is 0 Å². The second kappa shape index (κ2) is 6.60. The largest absolute Gasteiger partial charge is 0.480 e. The van der Waals surface area contributed by atoms with Crippen LogP contribution in [0.1, 0.15) is 44.9 Å². The van der Waals surface area contributed by atoms with Crippen molar-refractivity contribution >= 4 is 5.97 Å². The molecule has 1 saturated heterocycles. The number of carboxylic acid groups (broad SMARTS) is 1. The molecule has 7 nitrogen and oxygen atoms in total. The van der Waals surface area contributed by atoms with E-state index < -0.39 is 12.0 Å². The summed E-state index contributed by atoms with van der Waals surface area (Å²) in [5.74, 6) is 0.0198. The minimum Gasteiger partial charge on any atom is -0.480 e. The summed E-state index contributed by atoms with van der Waals surface area (Å²) in [6, 6.07) is -0.408. The maximum Gasteiger partial charge on any atom is 0.320 e. The van der Waals surface area contributed by atoms with Gasteiger partial charge in [-0.05, 0) is 36.2 Å². The van der Waals surface area contributed by atoms with Gasteiger partial charge in [-0.1, -0.05) is 19.8 Å². The van der Waals surface area contributed by atoms with Crippen LogP contribution >= 0.6 is 0 Å². The van der Waals surface area contributed by atoms with E-state index in [1.54, 1.807) is 4.68 Å². The molecule has 1 fully saturated rings. The molecule has 1 aromatic heterocycles. The Labute approximate surface area is 112 Å². The molecular formula is C12H21N5O2. The van der Waals surface area contributed by atoms with E-state index in [-0.39, 0.29) is 0 Å². The first-order valence-corrected chi connectivity index (χ1v) is 6.94. The fourth-order valence-electron chi connectivity index (χ4n) is 2.54. The summed E-state index contributed by atoms with van der Waals surface area (Å²) >= 11 is 0. The summed E-state index contributed by atoms with van der Waals surface area (Å²) in [4.78, 5) is 13.3. The standard InChI is InChI=1S/C12H21N5O2/c1-2-7-17-11(13-14-15-17)9-16-8-5-3-4-6-10(16)12(18)19/h10H,2-9H2,1H3,(H,18,19). The highest BCUT2D eigenvalue weighted by Crippen LogP contribution is 2.18. The molecule has 1 aliphatic rings. The van der Waals surface area contributed by atoms with Crippen molar-refractivity contribution in [2.45, 2.75) is 58.2 Å². The van der Waals surface area contributed by atoms with Crippen LogP contribution in [-0.4, -0.2) is 48.8 Å². The predicted molar refractivity (Wildman–Crippen MR) is 68.4 cm³/mol. The van der Waals surface area contributed by atoms with Gasteiger partial charge in [0.25, 0.3) is 0 Å². The Morgan fingerprint density at radius 2 is 2.26 bits per heavy atom. The van der Waals surface area contributed by atoms with Crippen molar-refractivity contribution in [2.75, 3.05) is 6.54 Å². The monoisotopic (exact) mass is 267 g/mol. The van der Waals surface area contributed by atoms with Gasteiger partial charge in [0.2, 0.25) is 0 Å². The number of aliphatic carboxylic acids is 1. The van der Waals surface area contributed by atoms with Crippen molar-refractivity contribution in [3.05, 3.63) is 5.82 Å². The number of tetrazole rings is 1. The van der Waals surface area contributed by atoms with E-state index >= 15 is 0 Å². The molecule has 1 N–H and O–H groups in total. The number of likely N-dealkylation sites (tertiary alicyclic amines) is 1. The van der Waals surface area contributed by atoms with Crippen molar-refractivity contribution in [2.24, 2.45) is 0 Å². The predicted octanol–water partition coefficient (Wildman–Crippen LogP) is 0.912. The van der Waals surface area contributed by atoms with Gasteiger partial charge in [0, 0.05) is 6.54 Å². The number of aromatic nitrogens is 4. The van der Waals surface area contributed by atoms with Crippen LogP contribution in [0.3, 0.4) is 0 Å². The molecule has 0 amide bonds. The first kappa shape index (κ1) is 13.9. The molecule has 1 unspecified atom stereocenters. The maximum absolute atomic E-state index is 11.4. The third kappa shape index (κ3) is 3.50. The smallest absolute Gasteiger partial charge is 0.320 e. The van der Waals surface area contributed by atoms with Crippen LogP contribution in [0.2, 0.25) is 0 Å². The Hall–Kier alpha value is -1.50. The van der Waals surface area contributed by atoms with Gasteiger partial charge in [0.1, 0.15) is 6.04 Å². The number of carboxylic acids is 1. The van der Waals surface area contributed by atoms with Crippen molar-refractivity contribution < 1.29 is 9.90 Å². The van der Waals surface area contributed by atoms with E-state index in [0.717, 1.165) is 44.6 Å². The van der Waals surface area contributed by atoms with Crippen molar-refractivity contribution in [3.8, 4) is 0 Å². The first-order valence-electron chi connectivity index (χ1n) is 6.94. The topological polar surface area (TPSA) is 84.1 Å². The molecule has 2 rings (SSSR count). The fourth-order valence-corrected chi connectivity index (χ4v) is 2.54. The highest BCUT2D eigenvalue weighted by Gasteiger charge is 2.28.